The van der Waals surface area contributed by atoms with E-state index >= 15 is 0 Å². The van der Waals surface area contributed by atoms with Gasteiger partial charge < -0.3 is 24.9 Å². The largest absolute Gasteiger partial charge is 0.451 e. The molecule has 1 aliphatic heterocycles. The van der Waals surface area contributed by atoms with E-state index in [1.807, 2.05) is 0 Å². The number of ether oxygens (including phenoxy) is 2. The van der Waals surface area contributed by atoms with Crippen LogP contribution < -0.4 is 21.4 Å². The maximum atomic E-state index is 12.0. The van der Waals surface area contributed by atoms with Crippen LogP contribution in [-0.4, -0.2) is 11.8 Å². The highest BCUT2D eigenvalue weighted by atomic mass is 16.7. The summed E-state index contributed by atoms with van der Waals surface area (Å²) in [7, 11) is 0. The molecule has 2 heterocycles. The van der Waals surface area contributed by atoms with Gasteiger partial charge in [0.05, 0.1) is 11.4 Å². The van der Waals surface area contributed by atoms with Crippen molar-refractivity contribution in [2.45, 2.75) is 19.6 Å². The first-order chi connectivity index (χ1) is 10.4. The minimum absolute atomic E-state index is 0.106. The number of nitrogens with two attached hydrogens (primary N) is 1. The molecule has 2 aromatic rings. The molecule has 0 radical (unpaired) electrons. The number of esters is 1. The van der Waals surface area contributed by atoms with Crippen molar-refractivity contribution in [2.75, 3.05) is 11.1 Å². The average Bonchev–Trinajstić information content (AvgIpc) is 2.38. The monoisotopic (exact) mass is 302 g/mol. The third kappa shape index (κ3) is 2.48. The number of hydrogen-bond acceptors (Lipinski definition) is 7. The quantitative estimate of drug-likeness (QED) is 0.647. The molecule has 3 rings (SSSR count). The molecular weight excluding hydrogens is 288 g/mol. The number of fused-ring (bicyclic) bond motifs is 1. The Kier molecular flexibility index (Phi) is 3.05. The summed E-state index contributed by atoms with van der Waals surface area (Å²) < 4.78 is 15.6. The van der Waals surface area contributed by atoms with E-state index in [2.05, 4.69) is 5.32 Å². The molecule has 0 atom stereocenters. The summed E-state index contributed by atoms with van der Waals surface area (Å²) in [5.74, 6) is -1.70. The van der Waals surface area contributed by atoms with Crippen LogP contribution in [-0.2, 0) is 4.74 Å². The van der Waals surface area contributed by atoms with Crippen LogP contribution in [0.25, 0.3) is 0 Å². The zero-order valence-electron chi connectivity index (χ0n) is 12.0. The van der Waals surface area contributed by atoms with Crippen molar-refractivity contribution in [1.29, 1.82) is 0 Å². The first kappa shape index (κ1) is 14.0. The normalized spacial score (nSPS) is 15.5. The van der Waals surface area contributed by atoms with Crippen LogP contribution in [0.5, 0.6) is 5.75 Å². The molecule has 1 aliphatic rings. The number of nitrogens with one attached hydrogen (secondary N) is 1. The summed E-state index contributed by atoms with van der Waals surface area (Å²) in [4.78, 5) is 23.8. The van der Waals surface area contributed by atoms with E-state index in [9.17, 15) is 9.59 Å². The Morgan fingerprint density at radius 2 is 1.86 bits per heavy atom. The van der Waals surface area contributed by atoms with E-state index in [1.54, 1.807) is 38.1 Å². The summed E-state index contributed by atoms with van der Waals surface area (Å²) in [6.45, 7) is 3.15. The first-order valence-electron chi connectivity index (χ1n) is 6.58. The van der Waals surface area contributed by atoms with Crippen molar-refractivity contribution in [2.24, 2.45) is 0 Å². The first-order valence-corrected chi connectivity index (χ1v) is 6.58. The maximum Gasteiger partial charge on any atom is 0.356 e. The number of carbonyl (C=O) groups is 1. The van der Waals surface area contributed by atoms with Gasteiger partial charge in [-0.05, 0) is 12.1 Å². The third-order valence-corrected chi connectivity index (χ3v) is 3.03. The van der Waals surface area contributed by atoms with Gasteiger partial charge >= 0.3 is 11.6 Å². The van der Waals surface area contributed by atoms with Gasteiger partial charge in [0, 0.05) is 19.9 Å². The van der Waals surface area contributed by atoms with Gasteiger partial charge in [0.1, 0.15) is 0 Å². The molecule has 7 heteroatoms. The number of hydrogen-bond donors (Lipinski definition) is 2. The van der Waals surface area contributed by atoms with Crippen LogP contribution in [0.3, 0.4) is 0 Å². The van der Waals surface area contributed by atoms with Gasteiger partial charge in [-0.3, -0.25) is 0 Å². The molecule has 1 aromatic carbocycles. The van der Waals surface area contributed by atoms with E-state index < -0.39 is 17.4 Å². The Hall–Kier alpha value is -2.96. The van der Waals surface area contributed by atoms with E-state index in [1.165, 1.54) is 6.07 Å². The highest BCUT2D eigenvalue weighted by Crippen LogP contribution is 2.32. The van der Waals surface area contributed by atoms with Crippen molar-refractivity contribution >= 4 is 23.2 Å². The van der Waals surface area contributed by atoms with E-state index in [4.69, 9.17) is 19.6 Å². The molecule has 0 aliphatic carbocycles. The molecular formula is C15H14N2O5. The SMILES string of the molecule is CC1(C)OC(=O)c2c(cc(Nc3ccccc3N)oc2=O)O1. The molecule has 0 unspecified atom stereocenters. The lowest BCUT2D eigenvalue weighted by Gasteiger charge is -2.30. The molecule has 22 heavy (non-hydrogen) atoms. The Labute approximate surface area is 125 Å². The molecule has 0 amide bonds. The standard InChI is InChI=1S/C15H14N2O5/c1-15(2)21-10-7-11(17-9-6-4-3-5-8(9)16)20-13(18)12(10)14(19)22-15/h3-7,17H,16H2,1-2H3. The smallest absolute Gasteiger partial charge is 0.356 e. The van der Waals surface area contributed by atoms with Gasteiger partial charge in [-0.1, -0.05) is 12.1 Å². The highest BCUT2D eigenvalue weighted by Gasteiger charge is 2.37. The zero-order valence-corrected chi connectivity index (χ0v) is 12.0. The van der Waals surface area contributed by atoms with Gasteiger partial charge in [0.15, 0.2) is 11.3 Å². The van der Waals surface area contributed by atoms with Crippen molar-refractivity contribution < 1.29 is 18.7 Å². The van der Waals surface area contributed by atoms with Gasteiger partial charge in [-0.2, -0.15) is 0 Å². The van der Waals surface area contributed by atoms with Crippen LogP contribution in [0.4, 0.5) is 17.3 Å². The lowest BCUT2D eigenvalue weighted by molar-refractivity contribution is -0.128. The van der Waals surface area contributed by atoms with Gasteiger partial charge in [0.25, 0.3) is 0 Å². The van der Waals surface area contributed by atoms with E-state index in [0.29, 0.717) is 11.4 Å². The van der Waals surface area contributed by atoms with Gasteiger partial charge in [0.2, 0.25) is 11.7 Å². The summed E-state index contributed by atoms with van der Waals surface area (Å²) in [5, 5.41) is 2.88. The second-order valence-electron chi connectivity index (χ2n) is 5.24. The molecule has 0 saturated heterocycles. The number of carbonyl (C=O) groups excluding carboxylic acids is 1. The van der Waals surface area contributed by atoms with Crippen molar-refractivity contribution in [3.05, 3.63) is 46.3 Å². The average molecular weight is 302 g/mol. The number of benzene rings is 1. The lowest BCUT2D eigenvalue weighted by Crippen LogP contribution is -2.41. The van der Waals surface area contributed by atoms with Crippen LogP contribution in [0, 0.1) is 0 Å². The van der Waals surface area contributed by atoms with Crippen molar-refractivity contribution in [3.63, 3.8) is 0 Å². The summed E-state index contributed by atoms with van der Waals surface area (Å²) >= 11 is 0. The number of rotatable bonds is 2. The topological polar surface area (TPSA) is 104 Å². The fourth-order valence-corrected chi connectivity index (χ4v) is 2.10. The zero-order chi connectivity index (χ0) is 15.9. The molecule has 3 N–H and O–H groups in total. The minimum atomic E-state index is -1.15. The number of para-hydroxylation sites is 2. The highest BCUT2D eigenvalue weighted by molar-refractivity contribution is 5.93. The second-order valence-corrected chi connectivity index (χ2v) is 5.24. The maximum absolute atomic E-state index is 12.0. The fourth-order valence-electron chi connectivity index (χ4n) is 2.10. The van der Waals surface area contributed by atoms with Crippen molar-refractivity contribution in [3.8, 4) is 5.75 Å². The van der Waals surface area contributed by atoms with Crippen molar-refractivity contribution in [1.82, 2.24) is 0 Å². The third-order valence-electron chi connectivity index (χ3n) is 3.03. The predicted octanol–water partition coefficient (Wildman–Crippen LogP) is 2.25. The van der Waals surface area contributed by atoms with E-state index in [0.717, 1.165) is 0 Å². The molecule has 0 spiro atoms. The minimum Gasteiger partial charge on any atom is -0.451 e. The number of anilines is 3. The molecule has 7 nitrogen and oxygen atoms in total. The van der Waals surface area contributed by atoms with Crippen LogP contribution in [0.15, 0.2) is 39.5 Å². The predicted molar refractivity (Wildman–Crippen MR) is 79.2 cm³/mol. The second kappa shape index (κ2) is 4.80. The summed E-state index contributed by atoms with van der Waals surface area (Å²) in [5.41, 5.74) is 5.79. The Morgan fingerprint density at radius 3 is 2.59 bits per heavy atom. The molecule has 1 aromatic heterocycles. The van der Waals surface area contributed by atoms with Crippen LogP contribution in [0.1, 0.15) is 24.2 Å². The number of nitrogen functional groups attached to an aromatic ring is 1. The number of cyclic esters (lactones) is 1. The summed E-state index contributed by atoms with van der Waals surface area (Å²) in [6.07, 6.45) is 0. The molecule has 0 saturated carbocycles. The Balaban J connectivity index is 2.03. The van der Waals surface area contributed by atoms with Gasteiger partial charge in [-0.25, -0.2) is 9.59 Å². The molecule has 0 fully saturated rings. The van der Waals surface area contributed by atoms with E-state index in [-0.39, 0.29) is 17.2 Å². The Morgan fingerprint density at radius 1 is 1.14 bits per heavy atom. The molecule has 114 valence electrons. The fraction of sp³-hybridized carbons (Fsp3) is 0.200. The Bertz CT molecular complexity index is 810. The summed E-state index contributed by atoms with van der Waals surface area (Å²) in [6, 6.07) is 8.42. The van der Waals surface area contributed by atoms with Gasteiger partial charge in [-0.15, -0.1) is 0 Å². The van der Waals surface area contributed by atoms with Crippen LogP contribution >= 0.6 is 0 Å². The van der Waals surface area contributed by atoms with Crippen LogP contribution in [0.2, 0.25) is 0 Å². The molecule has 0 bridgehead atoms. The lowest BCUT2D eigenvalue weighted by atomic mass is 10.2.